The van der Waals surface area contributed by atoms with E-state index in [-0.39, 0.29) is 37.2 Å². The van der Waals surface area contributed by atoms with E-state index >= 15 is 0 Å². The van der Waals surface area contributed by atoms with Crippen molar-refractivity contribution in [2.45, 2.75) is 24.6 Å². The molecule has 1 aliphatic rings. The quantitative estimate of drug-likeness (QED) is 0.427. The lowest BCUT2D eigenvalue weighted by atomic mass is 9.87. The lowest BCUT2D eigenvalue weighted by Crippen LogP contribution is -2.55. The largest absolute Gasteiger partial charge is 0.507 e. The van der Waals surface area contributed by atoms with Crippen molar-refractivity contribution in [3.05, 3.63) is 65.4 Å². The second kappa shape index (κ2) is 9.35. The summed E-state index contributed by atoms with van der Waals surface area (Å²) in [5, 5.41) is 13.8. The molecule has 0 aliphatic carbocycles. The molecule has 0 spiro atoms. The molecule has 0 unspecified atom stereocenters. The highest BCUT2D eigenvalue weighted by Crippen LogP contribution is 2.27. The number of carbonyl (C=O) groups excluding carboxylic acids is 2. The zero-order valence-electron chi connectivity index (χ0n) is 18.6. The molecule has 5 N–H and O–H groups in total. The number of likely N-dealkylation sites (tertiary alicyclic amines) is 1. The van der Waals surface area contributed by atoms with E-state index in [1.807, 2.05) is 24.3 Å². The van der Waals surface area contributed by atoms with E-state index in [9.17, 15) is 27.9 Å². The summed E-state index contributed by atoms with van der Waals surface area (Å²) in [6.45, 7) is -0.852. The highest BCUT2D eigenvalue weighted by molar-refractivity contribution is 5.98. The van der Waals surface area contributed by atoms with Gasteiger partial charge in [-0.25, -0.2) is 0 Å². The van der Waals surface area contributed by atoms with Crippen LogP contribution in [0.3, 0.4) is 0 Å². The number of hydrogen-bond donors (Lipinski definition) is 4. The number of aromatic hydroxyl groups is 1. The standard InChI is InChI=1S/C25H23F3N4O3/c26-25(27,28)15-32-11-9-24(10-12-32,8-7-16-5-6-18(22(29)34)21(33)13-16)31-23(35)20-14-17-3-1-2-4-19(17)30-20/h1-6,13-14,30,33H,9-12,15H2,(H2,29,34)(H,31,35). The Hall–Kier alpha value is -3.97. The van der Waals surface area contributed by atoms with Crippen LogP contribution in [-0.2, 0) is 0 Å². The average molecular weight is 484 g/mol. The summed E-state index contributed by atoms with van der Waals surface area (Å²) in [6, 6.07) is 13.2. The van der Waals surface area contributed by atoms with E-state index in [1.54, 1.807) is 6.07 Å². The van der Waals surface area contributed by atoms with Crippen LogP contribution in [0.1, 0.15) is 39.3 Å². The summed E-state index contributed by atoms with van der Waals surface area (Å²) in [5.41, 5.74) is 5.51. The van der Waals surface area contributed by atoms with Crippen molar-refractivity contribution >= 4 is 22.7 Å². The minimum Gasteiger partial charge on any atom is -0.507 e. The van der Waals surface area contributed by atoms with Crippen molar-refractivity contribution in [3.8, 4) is 17.6 Å². The molecule has 1 aromatic heterocycles. The van der Waals surface area contributed by atoms with Crippen molar-refractivity contribution < 1.29 is 27.9 Å². The molecule has 7 nitrogen and oxygen atoms in total. The summed E-state index contributed by atoms with van der Waals surface area (Å²) in [4.78, 5) is 28.7. The molecule has 2 amide bonds. The Kier molecular flexibility index (Phi) is 6.45. The number of phenols is 1. The fourth-order valence-corrected chi connectivity index (χ4v) is 4.12. The number of alkyl halides is 3. The molecule has 10 heteroatoms. The molecule has 1 fully saturated rings. The van der Waals surface area contributed by atoms with Gasteiger partial charge in [0.1, 0.15) is 17.0 Å². The molecule has 0 atom stereocenters. The maximum atomic E-state index is 13.1. The third kappa shape index (κ3) is 5.75. The lowest BCUT2D eigenvalue weighted by molar-refractivity contribution is -0.148. The Balaban J connectivity index is 1.60. The van der Waals surface area contributed by atoms with Crippen LogP contribution < -0.4 is 11.1 Å². The summed E-state index contributed by atoms with van der Waals surface area (Å²) in [7, 11) is 0. The second-order valence-electron chi connectivity index (χ2n) is 8.54. The Bertz CT molecular complexity index is 1300. The number of halogens is 3. The number of para-hydroxylation sites is 1. The van der Waals surface area contributed by atoms with Crippen molar-refractivity contribution in [1.82, 2.24) is 15.2 Å². The average Bonchev–Trinajstić information content (AvgIpc) is 3.23. The first-order valence-electron chi connectivity index (χ1n) is 10.9. The fourth-order valence-electron chi connectivity index (χ4n) is 4.12. The van der Waals surface area contributed by atoms with Crippen LogP contribution in [0.4, 0.5) is 13.2 Å². The highest BCUT2D eigenvalue weighted by atomic mass is 19.4. The van der Waals surface area contributed by atoms with E-state index in [0.717, 1.165) is 10.9 Å². The number of aromatic amines is 1. The van der Waals surface area contributed by atoms with Crippen molar-refractivity contribution in [2.24, 2.45) is 5.73 Å². The van der Waals surface area contributed by atoms with Gasteiger partial charge in [-0.15, -0.1) is 0 Å². The lowest BCUT2D eigenvalue weighted by Gasteiger charge is -2.39. The molecule has 3 aromatic rings. The fraction of sp³-hybridized carbons (Fsp3) is 0.280. The molecule has 35 heavy (non-hydrogen) atoms. The van der Waals surface area contributed by atoms with Gasteiger partial charge in [0, 0.05) is 29.6 Å². The van der Waals surface area contributed by atoms with Crippen LogP contribution in [0.2, 0.25) is 0 Å². The molecule has 1 aliphatic heterocycles. The molecular weight excluding hydrogens is 461 g/mol. The minimum absolute atomic E-state index is 0.0576. The number of aromatic nitrogens is 1. The topological polar surface area (TPSA) is 111 Å². The van der Waals surface area contributed by atoms with Crippen molar-refractivity contribution in [2.75, 3.05) is 19.6 Å². The molecular formula is C25H23F3N4O3. The van der Waals surface area contributed by atoms with Crippen LogP contribution in [0.25, 0.3) is 10.9 Å². The van der Waals surface area contributed by atoms with E-state index in [2.05, 4.69) is 22.1 Å². The number of carbonyl (C=O) groups is 2. The summed E-state index contributed by atoms with van der Waals surface area (Å²) in [6.07, 6.45) is -3.97. The van der Waals surface area contributed by atoms with Gasteiger partial charge in [0.05, 0.1) is 12.1 Å². The van der Waals surface area contributed by atoms with Crippen LogP contribution >= 0.6 is 0 Å². The SMILES string of the molecule is NC(=O)c1ccc(C#CC2(NC(=O)c3cc4ccccc4[nH]3)CCN(CC(F)(F)F)CC2)cc1O. The molecule has 2 heterocycles. The predicted octanol–water partition coefficient (Wildman–Crippen LogP) is 3.15. The number of nitrogens with one attached hydrogen (secondary N) is 2. The predicted molar refractivity (Wildman–Crippen MR) is 124 cm³/mol. The Labute approximate surface area is 199 Å². The first-order chi connectivity index (χ1) is 16.5. The number of nitrogens with zero attached hydrogens (tertiary/aromatic N) is 1. The van der Waals surface area contributed by atoms with E-state index in [0.29, 0.717) is 11.3 Å². The first kappa shape index (κ1) is 24.2. The molecule has 0 saturated carbocycles. The van der Waals surface area contributed by atoms with Gasteiger partial charge in [0.25, 0.3) is 11.8 Å². The number of piperidine rings is 1. The summed E-state index contributed by atoms with van der Waals surface area (Å²) >= 11 is 0. The minimum atomic E-state index is -4.32. The smallest absolute Gasteiger partial charge is 0.401 e. The number of primary amides is 1. The van der Waals surface area contributed by atoms with Crippen LogP contribution in [0, 0.1) is 11.8 Å². The van der Waals surface area contributed by atoms with Gasteiger partial charge in [-0.1, -0.05) is 30.0 Å². The Morgan fingerprint density at radius 3 is 2.49 bits per heavy atom. The van der Waals surface area contributed by atoms with E-state index in [4.69, 9.17) is 5.73 Å². The van der Waals surface area contributed by atoms with Gasteiger partial charge >= 0.3 is 6.18 Å². The van der Waals surface area contributed by atoms with Gasteiger partial charge in [0.15, 0.2) is 0 Å². The zero-order chi connectivity index (χ0) is 25.2. The van der Waals surface area contributed by atoms with Crippen molar-refractivity contribution in [3.63, 3.8) is 0 Å². The maximum Gasteiger partial charge on any atom is 0.401 e. The molecule has 182 valence electrons. The van der Waals surface area contributed by atoms with Gasteiger partial charge in [0.2, 0.25) is 0 Å². The zero-order valence-corrected chi connectivity index (χ0v) is 18.6. The van der Waals surface area contributed by atoms with E-state index in [1.165, 1.54) is 23.1 Å². The van der Waals surface area contributed by atoms with Crippen molar-refractivity contribution in [1.29, 1.82) is 0 Å². The summed E-state index contributed by atoms with van der Waals surface area (Å²) < 4.78 is 38.6. The molecule has 0 bridgehead atoms. The Morgan fingerprint density at radius 1 is 1.14 bits per heavy atom. The second-order valence-corrected chi connectivity index (χ2v) is 8.54. The third-order valence-corrected chi connectivity index (χ3v) is 5.95. The first-order valence-corrected chi connectivity index (χ1v) is 10.9. The van der Waals surface area contributed by atoms with Gasteiger partial charge in [-0.3, -0.25) is 14.5 Å². The summed E-state index contributed by atoms with van der Waals surface area (Å²) in [5.74, 6) is 4.35. The molecule has 1 saturated heterocycles. The highest BCUT2D eigenvalue weighted by Gasteiger charge is 2.39. The van der Waals surface area contributed by atoms with E-state index < -0.39 is 30.1 Å². The monoisotopic (exact) mass is 484 g/mol. The number of H-pyrrole nitrogens is 1. The number of benzene rings is 2. The van der Waals surface area contributed by atoms with Crippen LogP contribution in [0.15, 0.2) is 48.5 Å². The van der Waals surface area contributed by atoms with Gasteiger partial charge in [-0.05, 0) is 43.2 Å². The number of amides is 2. The Morgan fingerprint density at radius 2 is 1.86 bits per heavy atom. The number of rotatable bonds is 4. The van der Waals surface area contributed by atoms with Gasteiger partial charge < -0.3 is 21.1 Å². The maximum absolute atomic E-state index is 13.1. The third-order valence-electron chi connectivity index (χ3n) is 5.95. The molecule has 4 rings (SSSR count). The number of hydrogen-bond acceptors (Lipinski definition) is 4. The van der Waals surface area contributed by atoms with Gasteiger partial charge in [-0.2, -0.15) is 13.2 Å². The molecule has 2 aromatic carbocycles. The molecule has 0 radical (unpaired) electrons. The number of nitrogens with two attached hydrogens (primary N) is 1. The normalized spacial score (nSPS) is 15.9. The van der Waals surface area contributed by atoms with Crippen LogP contribution in [-0.4, -0.2) is 58.2 Å². The van der Waals surface area contributed by atoms with Crippen LogP contribution in [0.5, 0.6) is 5.75 Å². The number of fused-ring (bicyclic) bond motifs is 1.